The average Bonchev–Trinajstić information content (AvgIpc) is 2.76. The number of nitrogens with zero attached hydrogens (tertiary/aromatic N) is 1. The molecule has 19 heavy (non-hydrogen) atoms. The minimum absolute atomic E-state index is 0.947. The zero-order valence-corrected chi connectivity index (χ0v) is 11.8. The van der Waals surface area contributed by atoms with Crippen LogP contribution >= 0.6 is 0 Å². The Morgan fingerprint density at radius 3 is 2.21 bits per heavy atom. The standard InChI is InChI=1S/C17H18N2/c1-10-5-6-14(7-11(10)2)17-18-15-8-12(3)13(4)9-16(15)19-17/h5-9H,1-4H3,(H,18,19). The number of H-pyrrole nitrogens is 1. The second-order valence-corrected chi connectivity index (χ2v) is 5.34. The molecule has 0 aliphatic rings. The molecule has 0 saturated heterocycles. The first-order valence-corrected chi connectivity index (χ1v) is 6.59. The van der Waals surface area contributed by atoms with Crippen molar-refractivity contribution in [1.29, 1.82) is 0 Å². The summed E-state index contributed by atoms with van der Waals surface area (Å²) in [7, 11) is 0. The molecule has 1 N–H and O–H groups in total. The highest BCUT2D eigenvalue weighted by atomic mass is 14.9. The molecule has 0 spiro atoms. The van der Waals surface area contributed by atoms with Crippen LogP contribution in [0.2, 0.25) is 0 Å². The van der Waals surface area contributed by atoms with E-state index in [1.807, 2.05) is 0 Å². The van der Waals surface area contributed by atoms with Crippen LogP contribution in [-0.2, 0) is 0 Å². The molecule has 2 heteroatoms. The molecule has 0 aliphatic heterocycles. The second-order valence-electron chi connectivity index (χ2n) is 5.34. The van der Waals surface area contributed by atoms with Gasteiger partial charge in [0.2, 0.25) is 0 Å². The lowest BCUT2D eigenvalue weighted by atomic mass is 10.1. The van der Waals surface area contributed by atoms with Gasteiger partial charge in [-0.3, -0.25) is 0 Å². The molecule has 0 radical (unpaired) electrons. The fraction of sp³-hybridized carbons (Fsp3) is 0.235. The highest BCUT2D eigenvalue weighted by Crippen LogP contribution is 2.24. The molecule has 0 bridgehead atoms. The Labute approximate surface area is 113 Å². The van der Waals surface area contributed by atoms with Crippen LogP contribution in [0.25, 0.3) is 22.4 Å². The summed E-state index contributed by atoms with van der Waals surface area (Å²) in [6, 6.07) is 10.8. The monoisotopic (exact) mass is 250 g/mol. The van der Waals surface area contributed by atoms with E-state index in [-0.39, 0.29) is 0 Å². The van der Waals surface area contributed by atoms with E-state index in [0.29, 0.717) is 0 Å². The van der Waals surface area contributed by atoms with E-state index >= 15 is 0 Å². The Balaban J connectivity index is 2.17. The Kier molecular flexibility index (Phi) is 2.67. The van der Waals surface area contributed by atoms with Gasteiger partial charge in [0, 0.05) is 5.56 Å². The van der Waals surface area contributed by atoms with Gasteiger partial charge in [-0.2, -0.15) is 0 Å². The van der Waals surface area contributed by atoms with Gasteiger partial charge in [0.15, 0.2) is 0 Å². The molecule has 0 aliphatic carbocycles. The van der Waals surface area contributed by atoms with Gasteiger partial charge in [-0.05, 0) is 68.1 Å². The van der Waals surface area contributed by atoms with E-state index in [0.717, 1.165) is 22.4 Å². The summed E-state index contributed by atoms with van der Waals surface area (Å²) in [4.78, 5) is 8.12. The van der Waals surface area contributed by atoms with Crippen LogP contribution in [0.15, 0.2) is 30.3 Å². The predicted octanol–water partition coefficient (Wildman–Crippen LogP) is 4.46. The molecule has 1 heterocycles. The Hall–Kier alpha value is -2.09. The maximum absolute atomic E-state index is 4.70. The maximum Gasteiger partial charge on any atom is 0.138 e. The number of hydrogen-bond acceptors (Lipinski definition) is 1. The van der Waals surface area contributed by atoms with Crippen molar-refractivity contribution in [1.82, 2.24) is 9.97 Å². The smallest absolute Gasteiger partial charge is 0.138 e. The number of aryl methyl sites for hydroxylation is 4. The Bertz CT molecular complexity index is 727. The van der Waals surface area contributed by atoms with Crippen LogP contribution in [0.4, 0.5) is 0 Å². The summed E-state index contributed by atoms with van der Waals surface area (Å²) in [5.74, 6) is 0.947. The molecule has 0 atom stereocenters. The normalized spacial score (nSPS) is 11.2. The van der Waals surface area contributed by atoms with E-state index in [9.17, 15) is 0 Å². The number of benzene rings is 2. The van der Waals surface area contributed by atoms with Crippen LogP contribution in [0.5, 0.6) is 0 Å². The SMILES string of the molecule is Cc1ccc(-c2nc3cc(C)c(C)cc3[nH]2)cc1C. The summed E-state index contributed by atoms with van der Waals surface area (Å²) in [5.41, 5.74) is 8.48. The van der Waals surface area contributed by atoms with Crippen molar-refractivity contribution < 1.29 is 0 Å². The van der Waals surface area contributed by atoms with Crippen LogP contribution in [0.3, 0.4) is 0 Å². The van der Waals surface area contributed by atoms with Gasteiger partial charge in [-0.25, -0.2) is 4.98 Å². The van der Waals surface area contributed by atoms with Gasteiger partial charge in [-0.1, -0.05) is 12.1 Å². The molecule has 3 rings (SSSR count). The molecular weight excluding hydrogens is 232 g/mol. The van der Waals surface area contributed by atoms with Crippen molar-refractivity contribution in [2.75, 3.05) is 0 Å². The third-order valence-electron chi connectivity index (χ3n) is 3.88. The van der Waals surface area contributed by atoms with E-state index in [2.05, 4.69) is 63.0 Å². The van der Waals surface area contributed by atoms with Crippen LogP contribution in [0.1, 0.15) is 22.3 Å². The maximum atomic E-state index is 4.70. The zero-order valence-electron chi connectivity index (χ0n) is 11.8. The third-order valence-corrected chi connectivity index (χ3v) is 3.88. The van der Waals surface area contributed by atoms with Crippen molar-refractivity contribution in [3.05, 3.63) is 52.6 Å². The van der Waals surface area contributed by atoms with Crippen molar-refractivity contribution in [3.63, 3.8) is 0 Å². The van der Waals surface area contributed by atoms with Crippen LogP contribution in [-0.4, -0.2) is 9.97 Å². The molecule has 0 fully saturated rings. The quantitative estimate of drug-likeness (QED) is 0.678. The number of nitrogens with one attached hydrogen (secondary N) is 1. The largest absolute Gasteiger partial charge is 0.338 e. The van der Waals surface area contributed by atoms with Gasteiger partial charge in [-0.15, -0.1) is 0 Å². The minimum atomic E-state index is 0.947. The van der Waals surface area contributed by atoms with Gasteiger partial charge in [0.25, 0.3) is 0 Å². The molecule has 3 aromatic rings. The molecule has 1 aromatic heterocycles. The minimum Gasteiger partial charge on any atom is -0.338 e. The van der Waals surface area contributed by atoms with Gasteiger partial charge < -0.3 is 4.98 Å². The van der Waals surface area contributed by atoms with E-state index in [1.54, 1.807) is 0 Å². The van der Waals surface area contributed by atoms with Gasteiger partial charge in [0.1, 0.15) is 5.82 Å². The summed E-state index contributed by atoms with van der Waals surface area (Å²) in [5, 5.41) is 0. The molecule has 0 amide bonds. The van der Waals surface area contributed by atoms with Crippen LogP contribution < -0.4 is 0 Å². The zero-order chi connectivity index (χ0) is 13.6. The fourth-order valence-electron chi connectivity index (χ4n) is 2.29. The fourth-order valence-corrected chi connectivity index (χ4v) is 2.29. The van der Waals surface area contributed by atoms with Crippen LogP contribution in [0, 0.1) is 27.7 Å². The summed E-state index contributed by atoms with van der Waals surface area (Å²) in [6.45, 7) is 8.52. The molecular formula is C17H18N2. The lowest BCUT2D eigenvalue weighted by Gasteiger charge is -2.02. The number of imidazole rings is 1. The number of rotatable bonds is 1. The second kappa shape index (κ2) is 4.23. The highest BCUT2D eigenvalue weighted by molar-refractivity contribution is 5.81. The van der Waals surface area contributed by atoms with Gasteiger partial charge in [0.05, 0.1) is 11.0 Å². The van der Waals surface area contributed by atoms with E-state index < -0.39 is 0 Å². The number of aromatic nitrogens is 2. The van der Waals surface area contributed by atoms with Crippen molar-refractivity contribution in [2.45, 2.75) is 27.7 Å². The van der Waals surface area contributed by atoms with Crippen molar-refractivity contribution >= 4 is 11.0 Å². The molecule has 96 valence electrons. The van der Waals surface area contributed by atoms with Gasteiger partial charge >= 0.3 is 0 Å². The first-order valence-electron chi connectivity index (χ1n) is 6.59. The Morgan fingerprint density at radius 2 is 1.47 bits per heavy atom. The lowest BCUT2D eigenvalue weighted by molar-refractivity contribution is 1.29. The summed E-state index contributed by atoms with van der Waals surface area (Å²) in [6.07, 6.45) is 0. The first kappa shape index (κ1) is 12.0. The first-order chi connectivity index (χ1) is 9.04. The average molecular weight is 250 g/mol. The van der Waals surface area contributed by atoms with E-state index in [4.69, 9.17) is 4.98 Å². The number of fused-ring (bicyclic) bond motifs is 1. The summed E-state index contributed by atoms with van der Waals surface area (Å²) < 4.78 is 0. The highest BCUT2D eigenvalue weighted by Gasteiger charge is 2.07. The summed E-state index contributed by atoms with van der Waals surface area (Å²) >= 11 is 0. The molecule has 0 unspecified atom stereocenters. The third kappa shape index (κ3) is 2.03. The molecule has 2 aromatic carbocycles. The topological polar surface area (TPSA) is 28.7 Å². The Morgan fingerprint density at radius 1 is 0.789 bits per heavy atom. The predicted molar refractivity (Wildman–Crippen MR) is 80.5 cm³/mol. The van der Waals surface area contributed by atoms with Crippen molar-refractivity contribution in [3.8, 4) is 11.4 Å². The van der Waals surface area contributed by atoms with E-state index in [1.165, 1.54) is 22.3 Å². The number of aromatic amines is 1. The molecule has 2 nitrogen and oxygen atoms in total. The molecule has 0 saturated carbocycles. The lowest BCUT2D eigenvalue weighted by Crippen LogP contribution is -1.84. The number of hydrogen-bond donors (Lipinski definition) is 1. The van der Waals surface area contributed by atoms with Crippen molar-refractivity contribution in [2.24, 2.45) is 0 Å².